The van der Waals surface area contributed by atoms with Crippen LogP contribution in [0.5, 0.6) is 0 Å². The lowest BCUT2D eigenvalue weighted by Gasteiger charge is -2.13. The van der Waals surface area contributed by atoms with E-state index in [-0.39, 0.29) is 0 Å². The van der Waals surface area contributed by atoms with Gasteiger partial charge in [-0.05, 0) is 39.3 Å². The molecule has 1 N–H and O–H groups in total. The van der Waals surface area contributed by atoms with Crippen molar-refractivity contribution >= 4 is 5.95 Å². The summed E-state index contributed by atoms with van der Waals surface area (Å²) in [4.78, 5) is 6.85. The monoisotopic (exact) mass is 235 g/mol. The summed E-state index contributed by atoms with van der Waals surface area (Å²) in [6, 6.07) is 0. The number of likely N-dealkylation sites (tertiary alicyclic amines) is 1. The molecule has 0 aliphatic carbocycles. The molecule has 1 aliphatic rings. The second-order valence-electron chi connectivity index (χ2n) is 4.74. The summed E-state index contributed by atoms with van der Waals surface area (Å²) in [6.07, 6.45) is 1.26. The van der Waals surface area contributed by atoms with Gasteiger partial charge < -0.3 is 10.2 Å². The first-order valence-corrected chi connectivity index (χ1v) is 6.33. The molecule has 17 heavy (non-hydrogen) atoms. The zero-order chi connectivity index (χ0) is 12.3. The Balaban J connectivity index is 1.84. The van der Waals surface area contributed by atoms with E-state index in [0.717, 1.165) is 24.5 Å². The lowest BCUT2D eigenvalue weighted by Crippen LogP contribution is -2.23. The molecule has 1 atom stereocenters. The van der Waals surface area contributed by atoms with E-state index in [0.29, 0.717) is 11.9 Å². The van der Waals surface area contributed by atoms with E-state index in [1.165, 1.54) is 19.5 Å². The normalized spacial score (nSPS) is 20.8. The highest BCUT2D eigenvalue weighted by atomic mass is 15.2. The highest BCUT2D eigenvalue weighted by Gasteiger charge is 2.20. The van der Waals surface area contributed by atoms with Crippen LogP contribution < -0.4 is 5.32 Å². The molecule has 1 saturated heterocycles. The van der Waals surface area contributed by atoms with Crippen LogP contribution in [-0.2, 0) is 0 Å². The summed E-state index contributed by atoms with van der Waals surface area (Å²) in [5, 5.41) is 11.4. The van der Waals surface area contributed by atoms with Crippen LogP contribution in [0.2, 0.25) is 0 Å². The molecule has 1 aliphatic heterocycles. The van der Waals surface area contributed by atoms with Crippen molar-refractivity contribution in [2.45, 2.75) is 27.2 Å². The Morgan fingerprint density at radius 2 is 2.12 bits per heavy atom. The average Bonchev–Trinajstić information content (AvgIpc) is 2.79. The lowest BCUT2D eigenvalue weighted by atomic mass is 10.1. The summed E-state index contributed by atoms with van der Waals surface area (Å²) in [6.45, 7) is 10.6. The van der Waals surface area contributed by atoms with Crippen molar-refractivity contribution in [2.24, 2.45) is 5.92 Å². The lowest BCUT2D eigenvalue weighted by molar-refractivity contribution is 0.345. The van der Waals surface area contributed by atoms with E-state index in [1.54, 1.807) is 0 Å². The van der Waals surface area contributed by atoms with Crippen LogP contribution in [0.15, 0.2) is 0 Å². The van der Waals surface area contributed by atoms with E-state index < -0.39 is 0 Å². The number of rotatable bonds is 4. The molecule has 2 heterocycles. The first-order chi connectivity index (χ1) is 8.19. The van der Waals surface area contributed by atoms with Gasteiger partial charge in [0.15, 0.2) is 0 Å². The van der Waals surface area contributed by atoms with Crippen LogP contribution >= 0.6 is 0 Å². The quantitative estimate of drug-likeness (QED) is 0.851. The van der Waals surface area contributed by atoms with E-state index in [4.69, 9.17) is 0 Å². The minimum atomic E-state index is 0.656. The molecule has 0 saturated carbocycles. The first kappa shape index (κ1) is 12.2. The molecule has 0 aromatic carbocycles. The zero-order valence-corrected chi connectivity index (χ0v) is 10.9. The molecule has 1 fully saturated rings. The van der Waals surface area contributed by atoms with Crippen molar-refractivity contribution in [1.29, 1.82) is 0 Å². The second kappa shape index (κ2) is 5.40. The Hall–Kier alpha value is -1.23. The molecule has 2 rings (SSSR count). The summed E-state index contributed by atoms with van der Waals surface area (Å²) < 4.78 is 0. The van der Waals surface area contributed by atoms with Crippen molar-refractivity contribution in [1.82, 2.24) is 20.1 Å². The van der Waals surface area contributed by atoms with Gasteiger partial charge in [0, 0.05) is 13.1 Å². The number of hydrogen-bond acceptors (Lipinski definition) is 5. The first-order valence-electron chi connectivity index (χ1n) is 6.33. The fraction of sp³-hybridized carbons (Fsp3) is 0.750. The minimum Gasteiger partial charge on any atom is -0.353 e. The van der Waals surface area contributed by atoms with Gasteiger partial charge in [0.2, 0.25) is 5.95 Å². The molecule has 94 valence electrons. The molecule has 0 spiro atoms. The number of nitrogens with one attached hydrogen (secondary N) is 1. The van der Waals surface area contributed by atoms with Crippen molar-refractivity contribution < 1.29 is 0 Å². The van der Waals surface area contributed by atoms with E-state index in [2.05, 4.69) is 32.3 Å². The second-order valence-corrected chi connectivity index (χ2v) is 4.74. The number of nitrogens with zero attached hydrogens (tertiary/aromatic N) is 4. The maximum atomic E-state index is 4.37. The predicted molar refractivity (Wildman–Crippen MR) is 68.0 cm³/mol. The van der Waals surface area contributed by atoms with Gasteiger partial charge in [0.05, 0.1) is 11.4 Å². The Morgan fingerprint density at radius 3 is 2.76 bits per heavy atom. The smallest absolute Gasteiger partial charge is 0.242 e. The number of hydrogen-bond donors (Lipinski definition) is 1. The number of anilines is 1. The van der Waals surface area contributed by atoms with Crippen molar-refractivity contribution in [3.63, 3.8) is 0 Å². The van der Waals surface area contributed by atoms with Crippen LogP contribution in [-0.4, -0.2) is 46.3 Å². The highest BCUT2D eigenvalue weighted by molar-refractivity contribution is 5.24. The summed E-state index contributed by atoms with van der Waals surface area (Å²) in [7, 11) is 0. The molecule has 5 heteroatoms. The van der Waals surface area contributed by atoms with Crippen LogP contribution in [0.4, 0.5) is 5.95 Å². The van der Waals surface area contributed by atoms with Gasteiger partial charge in [-0.1, -0.05) is 6.92 Å². The van der Waals surface area contributed by atoms with Crippen LogP contribution in [0.25, 0.3) is 0 Å². The van der Waals surface area contributed by atoms with Crippen molar-refractivity contribution in [3.8, 4) is 0 Å². The molecule has 0 bridgehead atoms. The van der Waals surface area contributed by atoms with E-state index >= 15 is 0 Å². The third-order valence-corrected chi connectivity index (χ3v) is 3.46. The Labute approximate surface area is 103 Å². The minimum absolute atomic E-state index is 0.656. The van der Waals surface area contributed by atoms with Gasteiger partial charge in [0.1, 0.15) is 0 Å². The molecule has 1 unspecified atom stereocenters. The fourth-order valence-electron chi connectivity index (χ4n) is 2.13. The van der Waals surface area contributed by atoms with E-state index in [9.17, 15) is 0 Å². The third-order valence-electron chi connectivity index (χ3n) is 3.46. The predicted octanol–water partition coefficient (Wildman–Crippen LogP) is 1.24. The van der Waals surface area contributed by atoms with Gasteiger partial charge in [-0.2, -0.15) is 5.10 Å². The summed E-state index contributed by atoms with van der Waals surface area (Å²) in [5.74, 6) is 1.36. The van der Waals surface area contributed by atoms with Crippen molar-refractivity contribution in [2.75, 3.05) is 31.5 Å². The Kier molecular flexibility index (Phi) is 3.89. The van der Waals surface area contributed by atoms with Gasteiger partial charge in [-0.25, -0.2) is 4.98 Å². The van der Waals surface area contributed by atoms with Gasteiger partial charge in [0.25, 0.3) is 0 Å². The fourth-order valence-corrected chi connectivity index (χ4v) is 2.13. The molecular formula is C12H21N5. The van der Waals surface area contributed by atoms with Gasteiger partial charge >= 0.3 is 0 Å². The third kappa shape index (κ3) is 3.12. The largest absolute Gasteiger partial charge is 0.353 e. The van der Waals surface area contributed by atoms with Gasteiger partial charge in [-0.15, -0.1) is 5.10 Å². The van der Waals surface area contributed by atoms with Crippen molar-refractivity contribution in [3.05, 3.63) is 11.4 Å². The molecule has 1 aromatic rings. The number of aromatic nitrogens is 3. The molecule has 5 nitrogen and oxygen atoms in total. The zero-order valence-electron chi connectivity index (χ0n) is 10.9. The standard InChI is InChI=1S/C12H21N5/c1-4-17-6-5-11(8-17)7-13-12-14-9(2)10(3)15-16-12/h11H,4-8H2,1-3H3,(H,13,14,16). The van der Waals surface area contributed by atoms with E-state index in [1.807, 2.05) is 13.8 Å². The molecular weight excluding hydrogens is 214 g/mol. The molecule has 0 amide bonds. The van der Waals surface area contributed by atoms with Crippen LogP contribution in [0.1, 0.15) is 24.7 Å². The average molecular weight is 235 g/mol. The highest BCUT2D eigenvalue weighted by Crippen LogP contribution is 2.15. The maximum Gasteiger partial charge on any atom is 0.242 e. The topological polar surface area (TPSA) is 53.9 Å². The Morgan fingerprint density at radius 1 is 1.29 bits per heavy atom. The molecule has 0 radical (unpaired) electrons. The van der Waals surface area contributed by atoms with Crippen LogP contribution in [0, 0.1) is 19.8 Å². The number of aryl methyl sites for hydroxylation is 2. The summed E-state index contributed by atoms with van der Waals surface area (Å²) in [5.41, 5.74) is 1.85. The summed E-state index contributed by atoms with van der Waals surface area (Å²) >= 11 is 0. The van der Waals surface area contributed by atoms with Crippen LogP contribution in [0.3, 0.4) is 0 Å². The SMILES string of the molecule is CCN1CCC(CNc2nnc(C)c(C)n2)C1. The maximum absolute atomic E-state index is 4.37. The van der Waals surface area contributed by atoms with Gasteiger partial charge in [-0.3, -0.25) is 0 Å². The Bertz CT molecular complexity index is 379. The molecule has 1 aromatic heterocycles.